The molecule has 0 fully saturated rings. The van der Waals surface area contributed by atoms with Gasteiger partial charge in [-0.25, -0.2) is 0 Å². The average molecular weight is 949 g/mol. The Kier molecular flexibility index (Phi) is 14.8. The molecule has 5 heteroatoms. The Morgan fingerprint density at radius 1 is 0.875 bits per heavy atom. The fraction of sp³-hybridized carbons (Fsp3) is 0.490. The number of allylic oxidation sites excluding steroid dienone is 2. The number of carbonyl (C=O) groups excluding carboxylic acids is 1. The second-order valence-electron chi connectivity index (χ2n) is 18.3. The van der Waals surface area contributed by atoms with Gasteiger partial charge in [-0.1, -0.05) is 118 Å². The molecule has 5 aromatic rings. The predicted octanol–water partition coefficient (Wildman–Crippen LogP) is 15.1. The molecule has 0 spiro atoms. The normalized spacial score (nSPS) is 15.3. The number of aliphatic hydroxyl groups is 1. The first kappa shape index (κ1) is 45.6. The van der Waals surface area contributed by atoms with Crippen LogP contribution in [0.4, 0.5) is 0 Å². The van der Waals surface area contributed by atoms with Crippen LogP contribution in [0.5, 0.6) is 0 Å². The Bertz CT molecular complexity index is 2190. The molecule has 0 bridgehead atoms. The number of ketones is 1. The van der Waals surface area contributed by atoms with Crippen molar-refractivity contribution in [3.05, 3.63) is 100 Å². The van der Waals surface area contributed by atoms with Crippen molar-refractivity contribution < 1.29 is 30.0 Å². The largest absolute Gasteiger partial charge is 0.512 e. The fourth-order valence-electron chi connectivity index (χ4n) is 8.67. The Morgan fingerprint density at radius 2 is 1.46 bits per heavy atom. The van der Waals surface area contributed by atoms with E-state index in [1.165, 1.54) is 79.1 Å². The number of hydrogen-bond donors (Lipinski definition) is 1. The minimum Gasteiger partial charge on any atom is -0.512 e. The van der Waals surface area contributed by atoms with E-state index >= 15 is 0 Å². The van der Waals surface area contributed by atoms with Crippen LogP contribution < -0.4 is 0 Å². The first-order valence-corrected chi connectivity index (χ1v) is 21.6. The van der Waals surface area contributed by atoms with Crippen molar-refractivity contribution in [3.63, 3.8) is 0 Å². The quantitative estimate of drug-likeness (QED) is 0.0693. The van der Waals surface area contributed by atoms with Gasteiger partial charge in [-0.05, 0) is 114 Å². The fourth-order valence-corrected chi connectivity index (χ4v) is 10.1. The van der Waals surface area contributed by atoms with Gasteiger partial charge in [0.05, 0.1) is 5.76 Å². The van der Waals surface area contributed by atoms with Gasteiger partial charge in [0.25, 0.3) is 0 Å². The molecule has 3 aromatic carbocycles. The minimum atomic E-state index is 0. The molecule has 1 aliphatic rings. The van der Waals surface area contributed by atoms with Crippen LogP contribution >= 0.6 is 11.3 Å². The van der Waals surface area contributed by atoms with Crippen LogP contribution in [0.1, 0.15) is 149 Å². The monoisotopic (exact) mass is 949 g/mol. The molecule has 303 valence electrons. The van der Waals surface area contributed by atoms with Crippen LogP contribution in [0.25, 0.3) is 42.6 Å². The molecule has 0 aliphatic heterocycles. The third-order valence-corrected chi connectivity index (χ3v) is 13.8. The van der Waals surface area contributed by atoms with E-state index in [-0.39, 0.29) is 59.7 Å². The summed E-state index contributed by atoms with van der Waals surface area (Å²) < 4.78 is 1.26. The molecule has 0 amide bonds. The van der Waals surface area contributed by atoms with E-state index in [1.807, 2.05) is 45.2 Å². The summed E-state index contributed by atoms with van der Waals surface area (Å²) in [7, 11) is 0. The zero-order chi connectivity index (χ0) is 40.5. The summed E-state index contributed by atoms with van der Waals surface area (Å²) in [6.07, 6.45) is 10.6. The zero-order valence-electron chi connectivity index (χ0n) is 36.4. The summed E-state index contributed by atoms with van der Waals surface area (Å²) in [5.74, 6) is 0.547. The van der Waals surface area contributed by atoms with Crippen LogP contribution in [-0.4, -0.2) is 15.9 Å². The van der Waals surface area contributed by atoms with Crippen molar-refractivity contribution in [1.82, 2.24) is 4.98 Å². The number of pyridine rings is 1. The van der Waals surface area contributed by atoms with Gasteiger partial charge in [0.1, 0.15) is 0 Å². The topological polar surface area (TPSA) is 50.2 Å². The summed E-state index contributed by atoms with van der Waals surface area (Å²) in [5, 5.41) is 13.5. The maximum absolute atomic E-state index is 11.7. The van der Waals surface area contributed by atoms with Crippen LogP contribution in [-0.2, 0) is 41.1 Å². The van der Waals surface area contributed by atoms with E-state index in [9.17, 15) is 9.90 Å². The number of rotatable bonds is 9. The predicted molar refractivity (Wildman–Crippen MR) is 239 cm³/mol. The first-order chi connectivity index (χ1) is 25.9. The molecule has 0 unspecified atom stereocenters. The van der Waals surface area contributed by atoms with Gasteiger partial charge in [-0.15, -0.1) is 40.5 Å². The van der Waals surface area contributed by atoms with E-state index in [4.69, 9.17) is 4.98 Å². The molecule has 1 aliphatic carbocycles. The van der Waals surface area contributed by atoms with Crippen LogP contribution in [0.15, 0.2) is 66.6 Å². The Hall–Kier alpha value is -3.11. The van der Waals surface area contributed by atoms with Crippen LogP contribution in [0.2, 0.25) is 0 Å². The second-order valence-corrected chi connectivity index (χ2v) is 19.3. The summed E-state index contributed by atoms with van der Waals surface area (Å²) in [4.78, 5) is 18.1. The average Bonchev–Trinajstić information content (AvgIpc) is 3.43. The van der Waals surface area contributed by atoms with E-state index in [0.717, 1.165) is 42.3 Å². The van der Waals surface area contributed by atoms with Crippen molar-refractivity contribution in [1.29, 1.82) is 0 Å². The maximum atomic E-state index is 11.7. The SMILES string of the molecule is CCC(CC)C(=O)/C=C(\O)C(CC)CC.Cc1cc2c(cc1-c1sc3c(-c4[c-]c5ccccc5c(C(C)(C)C)c4)nccc3c1C)C(C)(C)CCCC2(C)C.[Ir]. The third-order valence-electron chi connectivity index (χ3n) is 12.4. The van der Waals surface area contributed by atoms with Gasteiger partial charge in [0.2, 0.25) is 0 Å². The number of aryl methyl sites for hydroxylation is 2. The van der Waals surface area contributed by atoms with Crippen LogP contribution in [0.3, 0.4) is 0 Å². The number of benzene rings is 3. The number of aromatic nitrogens is 1. The molecule has 0 saturated heterocycles. The number of nitrogens with zero attached hydrogens (tertiary/aromatic N) is 1. The van der Waals surface area contributed by atoms with Crippen LogP contribution in [0, 0.1) is 31.7 Å². The van der Waals surface area contributed by atoms with Crippen molar-refractivity contribution in [2.24, 2.45) is 11.8 Å². The van der Waals surface area contributed by atoms with Gasteiger partial charge in [0.15, 0.2) is 5.78 Å². The molecule has 2 heterocycles. The van der Waals surface area contributed by atoms with Gasteiger partial charge in [-0.2, -0.15) is 0 Å². The molecule has 6 rings (SSSR count). The number of hydrogen-bond acceptors (Lipinski definition) is 4. The summed E-state index contributed by atoms with van der Waals surface area (Å²) in [5.41, 5.74) is 11.1. The van der Waals surface area contributed by atoms with Crippen molar-refractivity contribution in [3.8, 4) is 21.7 Å². The van der Waals surface area contributed by atoms with Crippen molar-refractivity contribution in [2.45, 2.75) is 151 Å². The second kappa shape index (κ2) is 18.2. The third kappa shape index (κ3) is 9.43. The van der Waals surface area contributed by atoms with E-state index in [0.29, 0.717) is 0 Å². The van der Waals surface area contributed by atoms with E-state index in [2.05, 4.69) is 117 Å². The van der Waals surface area contributed by atoms with Crippen molar-refractivity contribution in [2.75, 3.05) is 0 Å². The maximum Gasteiger partial charge on any atom is 0.162 e. The molecule has 3 nitrogen and oxygen atoms in total. The first-order valence-electron chi connectivity index (χ1n) is 20.8. The zero-order valence-corrected chi connectivity index (χ0v) is 39.6. The molecule has 0 saturated carbocycles. The summed E-state index contributed by atoms with van der Waals surface area (Å²) in [6, 6.07) is 22.0. The molecule has 2 aromatic heterocycles. The minimum absolute atomic E-state index is 0. The standard InChI is InChI=1S/C38H42NS.C13H24O2.Ir/c1-23-19-31-32(38(8,9)17-12-16-37(31,6)7)22-29(23)34-24(2)27-15-18-39-33(35(27)40-34)26-20-25-13-10-11-14-28(25)30(21-26)36(3,4)5;1-5-10(6-2)12(14)9-13(15)11(7-3)8-4;/h10-11,13-15,18-19,21-22H,12,16-17H2,1-9H3;9-11,14H,5-8H2,1-4H3;/q-1;;/b;12-9-;. The summed E-state index contributed by atoms with van der Waals surface area (Å²) >= 11 is 1.90. The molecular formula is C51H66IrNO2S-. The number of aliphatic hydroxyl groups excluding tert-OH is 1. The molecule has 1 N–H and O–H groups in total. The molecular weight excluding hydrogens is 883 g/mol. The van der Waals surface area contributed by atoms with Crippen molar-refractivity contribution >= 4 is 38.0 Å². The van der Waals surface area contributed by atoms with Gasteiger partial charge < -0.3 is 5.11 Å². The van der Waals surface area contributed by atoms with Gasteiger partial charge in [0, 0.05) is 59.5 Å². The number of fused-ring (bicyclic) bond motifs is 3. The Morgan fingerprint density at radius 3 is 2.05 bits per heavy atom. The Balaban J connectivity index is 0.000000372. The molecule has 0 atom stereocenters. The number of thiophene rings is 1. The Labute approximate surface area is 356 Å². The van der Waals surface area contributed by atoms with E-state index < -0.39 is 0 Å². The van der Waals surface area contributed by atoms with Gasteiger partial charge in [-0.3, -0.25) is 9.78 Å². The van der Waals surface area contributed by atoms with E-state index in [1.54, 1.807) is 0 Å². The number of carbonyl (C=O) groups is 1. The summed E-state index contributed by atoms with van der Waals surface area (Å²) in [6.45, 7) is 29.3. The molecule has 56 heavy (non-hydrogen) atoms. The molecule has 1 radical (unpaired) electrons. The van der Waals surface area contributed by atoms with Gasteiger partial charge >= 0.3 is 0 Å². The smallest absolute Gasteiger partial charge is 0.162 e.